The maximum atomic E-state index is 13.5. The van der Waals surface area contributed by atoms with E-state index in [1.807, 2.05) is 49.4 Å². The number of nitrogens with one attached hydrogen (secondary N) is 1. The smallest absolute Gasteiger partial charge is 0.336 e. The molecule has 1 aliphatic heterocycles. The SMILES string of the molecule is CCOC(=O)C1=C(C)NC2=C(C(=O)C[C@H](c3ccc(Cl)cc3)C2)[C@@H]1c1ccccc1Cl. The molecule has 0 spiro atoms. The predicted molar refractivity (Wildman–Crippen MR) is 122 cm³/mol. The number of ether oxygens (including phenoxy) is 1. The number of esters is 1. The van der Waals surface area contributed by atoms with Crippen LogP contribution in [0, 0.1) is 0 Å². The van der Waals surface area contributed by atoms with Crippen molar-refractivity contribution in [3.63, 3.8) is 0 Å². The zero-order valence-corrected chi connectivity index (χ0v) is 18.9. The average molecular weight is 456 g/mol. The van der Waals surface area contributed by atoms with Crippen molar-refractivity contribution < 1.29 is 14.3 Å². The van der Waals surface area contributed by atoms with Gasteiger partial charge in [-0.2, -0.15) is 0 Å². The largest absolute Gasteiger partial charge is 0.463 e. The van der Waals surface area contributed by atoms with Gasteiger partial charge >= 0.3 is 5.97 Å². The first-order valence-electron chi connectivity index (χ1n) is 10.3. The number of ketones is 1. The van der Waals surface area contributed by atoms with Crippen LogP contribution in [0.4, 0.5) is 0 Å². The molecule has 6 heteroatoms. The summed E-state index contributed by atoms with van der Waals surface area (Å²) in [5.74, 6) is -0.938. The number of Topliss-reactive ketones (excluding diaryl/α,β-unsaturated/α-hetero) is 1. The number of hydrogen-bond donors (Lipinski definition) is 1. The third kappa shape index (κ3) is 4.15. The molecule has 1 N–H and O–H groups in total. The van der Waals surface area contributed by atoms with Gasteiger partial charge in [-0.25, -0.2) is 4.79 Å². The van der Waals surface area contributed by atoms with E-state index < -0.39 is 11.9 Å². The van der Waals surface area contributed by atoms with Crippen LogP contribution in [0.15, 0.2) is 71.1 Å². The summed E-state index contributed by atoms with van der Waals surface area (Å²) < 4.78 is 5.33. The van der Waals surface area contributed by atoms with Crippen molar-refractivity contribution in [3.05, 3.63) is 92.2 Å². The average Bonchev–Trinajstić information content (AvgIpc) is 2.73. The lowest BCUT2D eigenvalue weighted by atomic mass is 9.71. The molecule has 0 radical (unpaired) electrons. The third-order valence-electron chi connectivity index (χ3n) is 5.88. The van der Waals surface area contributed by atoms with Crippen molar-refractivity contribution in [1.29, 1.82) is 0 Å². The Morgan fingerprint density at radius 2 is 1.81 bits per heavy atom. The number of rotatable bonds is 4. The minimum Gasteiger partial charge on any atom is -0.463 e. The summed E-state index contributed by atoms with van der Waals surface area (Å²) in [4.78, 5) is 26.4. The molecular formula is C25H23Cl2NO3. The third-order valence-corrected chi connectivity index (χ3v) is 6.48. The van der Waals surface area contributed by atoms with Gasteiger partial charge < -0.3 is 10.1 Å². The van der Waals surface area contributed by atoms with Gasteiger partial charge in [0.05, 0.1) is 12.2 Å². The maximum Gasteiger partial charge on any atom is 0.336 e. The summed E-state index contributed by atoms with van der Waals surface area (Å²) in [6.07, 6.45) is 1.02. The summed E-state index contributed by atoms with van der Waals surface area (Å²) in [7, 11) is 0. The van der Waals surface area contributed by atoms with Crippen molar-refractivity contribution in [2.75, 3.05) is 6.61 Å². The minimum absolute atomic E-state index is 0.00733. The minimum atomic E-state index is -0.553. The van der Waals surface area contributed by atoms with E-state index in [-0.39, 0.29) is 18.3 Å². The topological polar surface area (TPSA) is 55.4 Å². The van der Waals surface area contributed by atoms with E-state index >= 15 is 0 Å². The van der Waals surface area contributed by atoms with Crippen LogP contribution >= 0.6 is 23.2 Å². The predicted octanol–water partition coefficient (Wildman–Crippen LogP) is 5.92. The van der Waals surface area contributed by atoms with Crippen molar-refractivity contribution in [1.82, 2.24) is 5.32 Å². The Morgan fingerprint density at radius 1 is 1.10 bits per heavy atom. The summed E-state index contributed by atoms with van der Waals surface area (Å²) in [5, 5.41) is 4.52. The molecule has 0 saturated carbocycles. The number of hydrogen-bond acceptors (Lipinski definition) is 4. The maximum absolute atomic E-state index is 13.5. The van der Waals surface area contributed by atoms with Crippen LogP contribution in [0.5, 0.6) is 0 Å². The van der Waals surface area contributed by atoms with Crippen LogP contribution in [0.2, 0.25) is 10.0 Å². The highest BCUT2D eigenvalue weighted by atomic mass is 35.5. The van der Waals surface area contributed by atoms with Gasteiger partial charge in [0.1, 0.15) is 0 Å². The van der Waals surface area contributed by atoms with Gasteiger partial charge in [-0.05, 0) is 55.5 Å². The summed E-state index contributed by atoms with van der Waals surface area (Å²) in [6.45, 7) is 3.86. The molecule has 0 unspecified atom stereocenters. The molecule has 0 aromatic heterocycles. The second kappa shape index (κ2) is 8.89. The number of dihydropyridines is 1. The van der Waals surface area contributed by atoms with Gasteiger partial charge in [-0.3, -0.25) is 4.79 Å². The van der Waals surface area contributed by atoms with E-state index in [1.165, 1.54) is 0 Å². The highest BCUT2D eigenvalue weighted by Gasteiger charge is 2.42. The Labute approximate surface area is 191 Å². The van der Waals surface area contributed by atoms with Crippen LogP contribution in [-0.4, -0.2) is 18.4 Å². The molecule has 2 aliphatic rings. The van der Waals surface area contributed by atoms with Gasteiger partial charge in [0.15, 0.2) is 5.78 Å². The van der Waals surface area contributed by atoms with E-state index in [9.17, 15) is 9.59 Å². The number of carbonyl (C=O) groups is 2. The Balaban J connectivity index is 1.81. The van der Waals surface area contributed by atoms with Crippen molar-refractivity contribution >= 4 is 35.0 Å². The Hall–Kier alpha value is -2.56. The highest BCUT2D eigenvalue weighted by Crippen LogP contribution is 2.47. The van der Waals surface area contributed by atoms with Gasteiger partial charge in [0, 0.05) is 39.4 Å². The van der Waals surface area contributed by atoms with Crippen LogP contribution < -0.4 is 5.32 Å². The number of carbonyl (C=O) groups excluding carboxylic acids is 2. The lowest BCUT2D eigenvalue weighted by molar-refractivity contribution is -0.138. The molecule has 160 valence electrons. The zero-order chi connectivity index (χ0) is 22.1. The Bertz CT molecular complexity index is 1100. The molecule has 0 bridgehead atoms. The van der Waals surface area contributed by atoms with Gasteiger partial charge in [0.25, 0.3) is 0 Å². The van der Waals surface area contributed by atoms with Gasteiger partial charge in [0.2, 0.25) is 0 Å². The van der Waals surface area contributed by atoms with E-state index in [0.29, 0.717) is 39.7 Å². The van der Waals surface area contributed by atoms with E-state index in [0.717, 1.165) is 16.8 Å². The van der Waals surface area contributed by atoms with Crippen molar-refractivity contribution in [2.45, 2.75) is 38.5 Å². The Morgan fingerprint density at radius 3 is 2.48 bits per heavy atom. The first kappa shape index (κ1) is 21.7. The Kier molecular flexibility index (Phi) is 6.22. The van der Waals surface area contributed by atoms with Gasteiger partial charge in [-0.15, -0.1) is 0 Å². The monoisotopic (exact) mass is 455 g/mol. The molecular weight excluding hydrogens is 433 g/mol. The van der Waals surface area contributed by atoms with E-state index in [4.69, 9.17) is 27.9 Å². The fraction of sp³-hybridized carbons (Fsp3) is 0.280. The molecule has 31 heavy (non-hydrogen) atoms. The van der Waals surface area contributed by atoms with Crippen LogP contribution in [0.25, 0.3) is 0 Å². The standard InChI is InChI=1S/C25H23Cl2NO3/c1-3-31-25(30)22-14(2)28-20-12-16(15-8-10-17(26)11-9-15)13-21(29)24(20)23(22)18-6-4-5-7-19(18)27/h4-11,16,23,28H,3,12-13H2,1-2H3/t16-,23-/m1/s1. The molecule has 4 rings (SSSR count). The second-order valence-electron chi connectivity index (χ2n) is 7.81. The lowest BCUT2D eigenvalue weighted by Gasteiger charge is -2.37. The number of halogens is 2. The highest BCUT2D eigenvalue weighted by molar-refractivity contribution is 6.31. The first-order chi connectivity index (χ1) is 14.9. The molecule has 0 saturated heterocycles. The summed E-state index contributed by atoms with van der Waals surface area (Å²) in [5.41, 5.74) is 4.37. The summed E-state index contributed by atoms with van der Waals surface area (Å²) in [6, 6.07) is 15.0. The molecule has 0 fully saturated rings. The normalized spacial score (nSPS) is 21.0. The van der Waals surface area contributed by atoms with E-state index in [2.05, 4.69) is 5.32 Å². The van der Waals surface area contributed by atoms with E-state index in [1.54, 1.807) is 13.0 Å². The molecule has 2 aromatic carbocycles. The quantitative estimate of drug-likeness (QED) is 0.581. The number of allylic oxidation sites excluding steroid dienone is 3. The fourth-order valence-electron chi connectivity index (χ4n) is 4.51. The lowest BCUT2D eigenvalue weighted by Crippen LogP contribution is -2.36. The van der Waals surface area contributed by atoms with Crippen LogP contribution in [0.1, 0.15) is 49.7 Å². The molecule has 1 heterocycles. The van der Waals surface area contributed by atoms with Crippen molar-refractivity contribution in [2.24, 2.45) is 0 Å². The molecule has 0 amide bonds. The zero-order valence-electron chi connectivity index (χ0n) is 17.4. The molecule has 1 aliphatic carbocycles. The summed E-state index contributed by atoms with van der Waals surface area (Å²) >= 11 is 12.6. The van der Waals surface area contributed by atoms with Gasteiger partial charge in [-0.1, -0.05) is 53.5 Å². The molecule has 2 aromatic rings. The van der Waals surface area contributed by atoms with Crippen LogP contribution in [-0.2, 0) is 14.3 Å². The first-order valence-corrected chi connectivity index (χ1v) is 11.1. The molecule has 4 nitrogen and oxygen atoms in total. The van der Waals surface area contributed by atoms with Crippen molar-refractivity contribution in [3.8, 4) is 0 Å². The molecule has 2 atom stereocenters. The number of benzene rings is 2. The second-order valence-corrected chi connectivity index (χ2v) is 8.65. The fourth-order valence-corrected chi connectivity index (χ4v) is 4.88. The van der Waals surface area contributed by atoms with Crippen LogP contribution in [0.3, 0.4) is 0 Å².